The number of amides is 1. The number of hydrogen-bond acceptors (Lipinski definition) is 6. The second kappa shape index (κ2) is 8.26. The summed E-state index contributed by atoms with van der Waals surface area (Å²) < 4.78 is 5.65. The Bertz CT molecular complexity index is 1050. The van der Waals surface area contributed by atoms with Crippen LogP contribution in [0.1, 0.15) is 52.6 Å². The molecular formula is C23H27N5O2. The number of nitrogens with zero attached hydrogens (tertiary/aromatic N) is 5. The fraction of sp³-hybridized carbons (Fsp3) is 0.391. The predicted octanol–water partition coefficient (Wildman–Crippen LogP) is 4.18. The highest BCUT2D eigenvalue weighted by molar-refractivity contribution is 5.94. The molecule has 0 saturated carbocycles. The number of benzene rings is 1. The van der Waals surface area contributed by atoms with E-state index in [0.717, 1.165) is 41.8 Å². The number of piperidine rings is 1. The van der Waals surface area contributed by atoms with E-state index in [1.165, 1.54) is 0 Å². The molecule has 0 aliphatic carbocycles. The lowest BCUT2D eigenvalue weighted by molar-refractivity contribution is 0.0606. The van der Waals surface area contributed by atoms with Gasteiger partial charge in [0, 0.05) is 38.0 Å². The van der Waals surface area contributed by atoms with E-state index in [9.17, 15) is 4.79 Å². The summed E-state index contributed by atoms with van der Waals surface area (Å²) in [5.41, 5.74) is 4.12. The van der Waals surface area contributed by atoms with Gasteiger partial charge in [0.05, 0.1) is 23.0 Å². The van der Waals surface area contributed by atoms with Crippen LogP contribution in [0.3, 0.4) is 0 Å². The van der Waals surface area contributed by atoms with Crippen molar-refractivity contribution in [3.8, 4) is 11.3 Å². The number of carbonyl (C=O) groups excluding carboxylic acids is 1. The summed E-state index contributed by atoms with van der Waals surface area (Å²) in [4.78, 5) is 26.6. The molecule has 1 aromatic carbocycles. The van der Waals surface area contributed by atoms with Crippen LogP contribution in [0.25, 0.3) is 11.3 Å². The zero-order valence-electron chi connectivity index (χ0n) is 17.9. The molecule has 0 bridgehead atoms. The minimum absolute atomic E-state index is 0.0294. The van der Waals surface area contributed by atoms with E-state index in [2.05, 4.69) is 10.1 Å². The van der Waals surface area contributed by atoms with Crippen LogP contribution < -0.4 is 4.90 Å². The van der Waals surface area contributed by atoms with Crippen molar-refractivity contribution in [2.75, 3.05) is 25.5 Å². The van der Waals surface area contributed by atoms with Gasteiger partial charge in [0.1, 0.15) is 0 Å². The fourth-order valence-corrected chi connectivity index (χ4v) is 3.90. The Hall–Kier alpha value is -3.22. The Morgan fingerprint density at radius 1 is 1.17 bits per heavy atom. The number of carbonyl (C=O) groups is 1. The summed E-state index contributed by atoms with van der Waals surface area (Å²) in [6.45, 7) is 4.61. The lowest BCUT2D eigenvalue weighted by atomic mass is 9.94. The molecule has 0 radical (unpaired) electrons. The van der Waals surface area contributed by atoms with E-state index < -0.39 is 0 Å². The molecule has 4 rings (SSSR count). The van der Waals surface area contributed by atoms with Crippen molar-refractivity contribution in [2.45, 2.75) is 39.2 Å². The zero-order valence-corrected chi connectivity index (χ0v) is 17.9. The number of rotatable bonds is 4. The number of anilines is 1. The van der Waals surface area contributed by atoms with Gasteiger partial charge in [-0.25, -0.2) is 9.97 Å². The number of aromatic nitrogens is 3. The van der Waals surface area contributed by atoms with Crippen LogP contribution in [0, 0.1) is 13.8 Å². The van der Waals surface area contributed by atoms with Gasteiger partial charge < -0.3 is 14.3 Å². The largest absolute Gasteiger partial charge is 0.356 e. The first-order valence-electron chi connectivity index (χ1n) is 10.3. The first-order chi connectivity index (χ1) is 14.5. The van der Waals surface area contributed by atoms with Gasteiger partial charge in [0.15, 0.2) is 5.76 Å². The van der Waals surface area contributed by atoms with Gasteiger partial charge in [0.25, 0.3) is 5.91 Å². The molecule has 0 N–H and O–H groups in total. The number of hydrogen-bond donors (Lipinski definition) is 0. The van der Waals surface area contributed by atoms with Crippen LogP contribution in [0.2, 0.25) is 0 Å². The van der Waals surface area contributed by atoms with Crippen LogP contribution in [0.5, 0.6) is 0 Å². The zero-order chi connectivity index (χ0) is 21.3. The van der Waals surface area contributed by atoms with Gasteiger partial charge in [-0.15, -0.1) is 0 Å². The molecule has 0 unspecified atom stereocenters. The first kappa shape index (κ1) is 20.1. The van der Waals surface area contributed by atoms with Gasteiger partial charge in [-0.1, -0.05) is 23.4 Å². The number of likely N-dealkylation sites (tertiary alicyclic amines) is 1. The SMILES string of the molecule is Cc1noc(-c2cnc(N(C)C)nc2[C@H]2CCCCN2C(=O)c2ccccc2)c1C. The molecule has 1 atom stereocenters. The molecule has 7 nitrogen and oxygen atoms in total. The van der Waals surface area contributed by atoms with Crippen molar-refractivity contribution in [2.24, 2.45) is 0 Å². The average Bonchev–Trinajstić information content (AvgIpc) is 3.11. The fourth-order valence-electron chi connectivity index (χ4n) is 3.90. The Morgan fingerprint density at radius 3 is 2.60 bits per heavy atom. The summed E-state index contributed by atoms with van der Waals surface area (Å²) in [6.07, 6.45) is 4.67. The van der Waals surface area contributed by atoms with Crippen molar-refractivity contribution in [3.05, 3.63) is 59.0 Å². The normalized spacial score (nSPS) is 16.5. The van der Waals surface area contributed by atoms with Crippen LogP contribution >= 0.6 is 0 Å². The molecule has 30 heavy (non-hydrogen) atoms. The maximum Gasteiger partial charge on any atom is 0.254 e. The summed E-state index contributed by atoms with van der Waals surface area (Å²) in [5, 5.41) is 4.12. The molecule has 3 heterocycles. The Morgan fingerprint density at radius 2 is 1.93 bits per heavy atom. The molecule has 3 aromatic rings. The van der Waals surface area contributed by atoms with Crippen molar-refractivity contribution < 1.29 is 9.32 Å². The second-order valence-electron chi connectivity index (χ2n) is 7.96. The summed E-state index contributed by atoms with van der Waals surface area (Å²) in [7, 11) is 3.83. The molecule has 1 saturated heterocycles. The standard InChI is InChI=1S/C23H27N5O2/c1-15-16(2)26-30-21(15)18-14-24-23(27(3)4)25-20(18)19-12-8-9-13-28(19)22(29)17-10-6-5-7-11-17/h5-7,10-11,14,19H,8-9,12-13H2,1-4H3/t19-/m1/s1. The molecule has 156 valence electrons. The van der Waals surface area contributed by atoms with Crippen LogP contribution in [0.15, 0.2) is 41.1 Å². The predicted molar refractivity (Wildman–Crippen MR) is 115 cm³/mol. The van der Waals surface area contributed by atoms with E-state index in [0.29, 0.717) is 23.8 Å². The summed E-state index contributed by atoms with van der Waals surface area (Å²) in [6, 6.07) is 9.30. The van der Waals surface area contributed by atoms with Gasteiger partial charge in [-0.2, -0.15) is 0 Å². The van der Waals surface area contributed by atoms with Crippen molar-refractivity contribution in [1.29, 1.82) is 0 Å². The molecule has 1 aliphatic heterocycles. The molecule has 1 aliphatic rings. The summed E-state index contributed by atoms with van der Waals surface area (Å²) >= 11 is 0. The summed E-state index contributed by atoms with van der Waals surface area (Å²) in [5.74, 6) is 1.31. The Labute approximate surface area is 176 Å². The highest BCUT2D eigenvalue weighted by atomic mass is 16.5. The monoisotopic (exact) mass is 405 g/mol. The van der Waals surface area contributed by atoms with Crippen molar-refractivity contribution in [1.82, 2.24) is 20.0 Å². The highest BCUT2D eigenvalue weighted by Gasteiger charge is 2.33. The van der Waals surface area contributed by atoms with Crippen LogP contribution in [-0.2, 0) is 0 Å². The molecular weight excluding hydrogens is 378 g/mol. The van der Waals surface area contributed by atoms with E-state index in [1.54, 1.807) is 6.20 Å². The highest BCUT2D eigenvalue weighted by Crippen LogP contribution is 2.38. The third-order valence-electron chi connectivity index (χ3n) is 5.71. The first-order valence-corrected chi connectivity index (χ1v) is 10.3. The van der Waals surface area contributed by atoms with Gasteiger partial charge in [0.2, 0.25) is 5.95 Å². The Balaban J connectivity index is 1.82. The molecule has 2 aromatic heterocycles. The van der Waals surface area contributed by atoms with Gasteiger partial charge in [-0.3, -0.25) is 4.79 Å². The van der Waals surface area contributed by atoms with Crippen molar-refractivity contribution in [3.63, 3.8) is 0 Å². The minimum Gasteiger partial charge on any atom is -0.356 e. The van der Waals surface area contributed by atoms with E-state index in [-0.39, 0.29) is 11.9 Å². The molecule has 1 amide bonds. The lowest BCUT2D eigenvalue weighted by Gasteiger charge is -2.36. The third-order valence-corrected chi connectivity index (χ3v) is 5.71. The van der Waals surface area contributed by atoms with Crippen LogP contribution in [0.4, 0.5) is 5.95 Å². The quantitative estimate of drug-likeness (QED) is 0.648. The number of aryl methyl sites for hydroxylation is 1. The average molecular weight is 406 g/mol. The molecule has 0 spiro atoms. The minimum atomic E-state index is -0.145. The molecule has 7 heteroatoms. The van der Waals surface area contributed by atoms with Gasteiger partial charge >= 0.3 is 0 Å². The smallest absolute Gasteiger partial charge is 0.254 e. The van der Waals surface area contributed by atoms with Crippen LogP contribution in [-0.4, -0.2) is 46.6 Å². The van der Waals surface area contributed by atoms with Gasteiger partial charge in [-0.05, 0) is 45.2 Å². The second-order valence-corrected chi connectivity index (χ2v) is 7.96. The van der Waals surface area contributed by atoms with E-state index >= 15 is 0 Å². The van der Waals surface area contributed by atoms with E-state index in [1.807, 2.05) is 68.1 Å². The maximum atomic E-state index is 13.4. The third kappa shape index (κ3) is 3.67. The lowest BCUT2D eigenvalue weighted by Crippen LogP contribution is -2.39. The van der Waals surface area contributed by atoms with Crippen molar-refractivity contribution >= 4 is 11.9 Å². The Kier molecular flexibility index (Phi) is 5.53. The topological polar surface area (TPSA) is 75.4 Å². The molecule has 1 fully saturated rings. The van der Waals surface area contributed by atoms with E-state index in [4.69, 9.17) is 9.51 Å². The maximum absolute atomic E-state index is 13.4.